The van der Waals surface area contributed by atoms with Gasteiger partial charge in [0.1, 0.15) is 0 Å². The van der Waals surface area contributed by atoms with Crippen LogP contribution in [0.4, 0.5) is 11.4 Å². The van der Waals surface area contributed by atoms with Gasteiger partial charge in [0, 0.05) is 35.3 Å². The highest BCUT2D eigenvalue weighted by molar-refractivity contribution is 6.09. The van der Waals surface area contributed by atoms with Crippen LogP contribution in [-0.2, 0) is 9.59 Å². The lowest BCUT2D eigenvalue weighted by Gasteiger charge is -2.18. The summed E-state index contributed by atoms with van der Waals surface area (Å²) in [6.07, 6.45) is 15.9. The number of rotatable bonds is 7. The number of nitrogens with one attached hydrogen (secondary N) is 3. The second-order valence-electron chi connectivity index (χ2n) is 9.99. The Hall–Kier alpha value is -3.60. The van der Waals surface area contributed by atoms with Crippen molar-refractivity contribution in [3.05, 3.63) is 93.8 Å². The molecule has 0 unspecified atom stereocenters. The van der Waals surface area contributed by atoms with Crippen LogP contribution in [0.3, 0.4) is 0 Å². The summed E-state index contributed by atoms with van der Waals surface area (Å²) in [5.41, 5.74) is 8.14. The largest absolute Gasteiger partial charge is 0.388 e. The number of allylic oxidation sites excluding steroid dienone is 8. The molecule has 5 heteroatoms. The minimum Gasteiger partial charge on any atom is -0.388 e. The van der Waals surface area contributed by atoms with Gasteiger partial charge in [0.15, 0.2) is 0 Å². The van der Waals surface area contributed by atoms with Crippen LogP contribution in [0.15, 0.2) is 88.2 Å². The predicted octanol–water partition coefficient (Wildman–Crippen LogP) is 7.28. The average Bonchev–Trinajstić information content (AvgIpc) is 2.85. The Balaban J connectivity index is 1.89. The second kappa shape index (κ2) is 13.1. The highest BCUT2D eigenvalue weighted by Gasteiger charge is 2.19. The first kappa shape index (κ1) is 28.0. The third kappa shape index (κ3) is 7.22. The van der Waals surface area contributed by atoms with Crippen LogP contribution in [0.5, 0.6) is 0 Å². The van der Waals surface area contributed by atoms with Crippen LogP contribution in [0.2, 0.25) is 0 Å². The molecule has 0 aromatic heterocycles. The zero-order chi connectivity index (χ0) is 26.9. The summed E-state index contributed by atoms with van der Waals surface area (Å²) in [4.78, 5) is 27.0. The van der Waals surface area contributed by atoms with E-state index in [1.54, 1.807) is 6.08 Å². The SMILES string of the molecule is CCC1=C(C(=O)Nc2cccc(NC)c2C)C=C(C(=O)NC2=C(C)CCC(C(C)C)=CC=C2)CCC=C1. The summed E-state index contributed by atoms with van der Waals surface area (Å²) in [7, 11) is 1.86. The summed E-state index contributed by atoms with van der Waals surface area (Å²) < 4.78 is 0. The molecule has 2 aliphatic rings. The standard InChI is InChI=1S/C32H41N3O2/c1-7-24-12-8-9-13-26(20-27(24)32(37)35-30-17-11-16-29(33-6)23(30)5)31(36)34-28-15-10-14-25(21(2)3)19-18-22(28)4/h8,10-12,14-17,20-21,33H,7,9,13,18-19H2,1-6H3,(H,34,36)(H,35,37). The van der Waals surface area contributed by atoms with Gasteiger partial charge in [0.2, 0.25) is 0 Å². The van der Waals surface area contributed by atoms with Crippen LogP contribution in [0, 0.1) is 12.8 Å². The van der Waals surface area contributed by atoms with E-state index in [0.717, 1.165) is 53.0 Å². The van der Waals surface area contributed by atoms with Gasteiger partial charge in [-0.2, -0.15) is 0 Å². The topological polar surface area (TPSA) is 70.2 Å². The van der Waals surface area contributed by atoms with Gasteiger partial charge in [0.25, 0.3) is 11.8 Å². The van der Waals surface area contributed by atoms with Gasteiger partial charge in [-0.1, -0.05) is 56.7 Å². The lowest BCUT2D eigenvalue weighted by Crippen LogP contribution is -2.26. The fourth-order valence-corrected chi connectivity index (χ4v) is 4.62. The number of benzene rings is 1. The molecule has 1 aromatic rings. The van der Waals surface area contributed by atoms with Crippen molar-refractivity contribution in [2.75, 3.05) is 17.7 Å². The number of amides is 2. The van der Waals surface area contributed by atoms with Crippen molar-refractivity contribution in [1.82, 2.24) is 5.32 Å². The fourth-order valence-electron chi connectivity index (χ4n) is 4.62. The Kier molecular flexibility index (Phi) is 9.90. The molecule has 3 rings (SSSR count). The third-order valence-electron chi connectivity index (χ3n) is 7.14. The molecule has 0 saturated heterocycles. The first-order valence-electron chi connectivity index (χ1n) is 13.3. The average molecular weight is 500 g/mol. The molecule has 5 nitrogen and oxygen atoms in total. The molecular weight excluding hydrogens is 458 g/mol. The molecule has 0 fully saturated rings. The van der Waals surface area contributed by atoms with E-state index in [1.165, 1.54) is 5.57 Å². The highest BCUT2D eigenvalue weighted by Crippen LogP contribution is 2.27. The van der Waals surface area contributed by atoms with Crippen molar-refractivity contribution in [3.8, 4) is 0 Å². The zero-order valence-corrected chi connectivity index (χ0v) is 23.1. The van der Waals surface area contributed by atoms with Crippen molar-refractivity contribution in [1.29, 1.82) is 0 Å². The minimum absolute atomic E-state index is 0.156. The summed E-state index contributed by atoms with van der Waals surface area (Å²) in [6.45, 7) is 10.5. The number of carbonyl (C=O) groups excluding carboxylic acids is 2. The van der Waals surface area contributed by atoms with Crippen LogP contribution in [0.25, 0.3) is 0 Å². The summed E-state index contributed by atoms with van der Waals surface area (Å²) in [6, 6.07) is 5.78. The van der Waals surface area contributed by atoms with E-state index >= 15 is 0 Å². The van der Waals surface area contributed by atoms with Gasteiger partial charge in [-0.05, 0) is 92.9 Å². The second-order valence-corrected chi connectivity index (χ2v) is 9.99. The van der Waals surface area contributed by atoms with Crippen LogP contribution >= 0.6 is 0 Å². The summed E-state index contributed by atoms with van der Waals surface area (Å²) in [5.74, 6) is 0.144. The maximum absolute atomic E-state index is 13.5. The van der Waals surface area contributed by atoms with Gasteiger partial charge < -0.3 is 16.0 Å². The Morgan fingerprint density at radius 1 is 0.973 bits per heavy atom. The zero-order valence-electron chi connectivity index (χ0n) is 23.1. The molecule has 0 heterocycles. The monoisotopic (exact) mass is 499 g/mol. The molecule has 0 aliphatic heterocycles. The minimum atomic E-state index is -0.211. The van der Waals surface area contributed by atoms with E-state index in [-0.39, 0.29) is 11.8 Å². The molecule has 37 heavy (non-hydrogen) atoms. The predicted molar refractivity (Wildman–Crippen MR) is 155 cm³/mol. The van der Waals surface area contributed by atoms with Gasteiger partial charge in [-0.15, -0.1) is 0 Å². The smallest absolute Gasteiger partial charge is 0.255 e. The molecule has 3 N–H and O–H groups in total. The number of anilines is 2. The summed E-state index contributed by atoms with van der Waals surface area (Å²) in [5, 5.41) is 9.36. The van der Waals surface area contributed by atoms with Gasteiger partial charge in [-0.25, -0.2) is 0 Å². The van der Waals surface area contributed by atoms with E-state index in [1.807, 2.05) is 57.3 Å². The van der Waals surface area contributed by atoms with Crippen LogP contribution in [0.1, 0.15) is 65.4 Å². The van der Waals surface area contributed by atoms with Crippen molar-refractivity contribution >= 4 is 23.2 Å². The Bertz CT molecular complexity index is 1220. The Morgan fingerprint density at radius 3 is 2.43 bits per heavy atom. The molecule has 2 amide bonds. The third-order valence-corrected chi connectivity index (χ3v) is 7.14. The maximum atomic E-state index is 13.5. The molecule has 196 valence electrons. The van der Waals surface area contributed by atoms with Crippen molar-refractivity contribution in [2.45, 2.75) is 66.7 Å². The van der Waals surface area contributed by atoms with Gasteiger partial charge in [0.05, 0.1) is 0 Å². The van der Waals surface area contributed by atoms with Crippen LogP contribution in [-0.4, -0.2) is 18.9 Å². The summed E-state index contributed by atoms with van der Waals surface area (Å²) >= 11 is 0. The number of carbonyl (C=O) groups is 2. The molecule has 0 saturated carbocycles. The number of hydrogen-bond acceptors (Lipinski definition) is 3. The van der Waals surface area contributed by atoms with Gasteiger partial charge >= 0.3 is 0 Å². The molecule has 1 aromatic carbocycles. The van der Waals surface area contributed by atoms with Gasteiger partial charge in [-0.3, -0.25) is 9.59 Å². The maximum Gasteiger partial charge on any atom is 0.255 e. The van der Waals surface area contributed by atoms with E-state index in [0.29, 0.717) is 29.9 Å². The normalized spacial score (nSPS) is 16.4. The first-order chi connectivity index (χ1) is 17.7. The van der Waals surface area contributed by atoms with E-state index in [9.17, 15) is 9.59 Å². The first-order valence-corrected chi connectivity index (χ1v) is 13.3. The number of hydrogen-bond donors (Lipinski definition) is 3. The fraction of sp³-hybridized carbons (Fsp3) is 0.375. The van der Waals surface area contributed by atoms with E-state index in [4.69, 9.17) is 0 Å². The molecule has 0 atom stereocenters. The molecule has 0 radical (unpaired) electrons. The molecular formula is C32H41N3O2. The van der Waals surface area contributed by atoms with E-state index < -0.39 is 0 Å². The quantitative estimate of drug-likeness (QED) is 0.369. The Labute approximate surface area is 222 Å². The molecule has 0 spiro atoms. The van der Waals surface area contributed by atoms with Crippen molar-refractivity contribution in [2.24, 2.45) is 5.92 Å². The highest BCUT2D eigenvalue weighted by atomic mass is 16.2. The molecule has 2 aliphatic carbocycles. The van der Waals surface area contributed by atoms with Crippen LogP contribution < -0.4 is 16.0 Å². The molecule has 0 bridgehead atoms. The van der Waals surface area contributed by atoms with Crippen molar-refractivity contribution < 1.29 is 9.59 Å². The Morgan fingerprint density at radius 2 is 1.73 bits per heavy atom. The van der Waals surface area contributed by atoms with E-state index in [2.05, 4.69) is 48.9 Å². The lowest BCUT2D eigenvalue weighted by molar-refractivity contribution is -0.116. The van der Waals surface area contributed by atoms with Crippen molar-refractivity contribution in [3.63, 3.8) is 0 Å². The lowest BCUT2D eigenvalue weighted by atomic mass is 9.93.